The van der Waals surface area contributed by atoms with Gasteiger partial charge in [0.05, 0.1) is 15.7 Å². The lowest BCUT2D eigenvalue weighted by Gasteiger charge is -2.33. The molecule has 18 heavy (non-hydrogen) atoms. The van der Waals surface area contributed by atoms with Crippen LogP contribution in [0.2, 0.25) is 10.0 Å². The highest BCUT2D eigenvalue weighted by Gasteiger charge is 2.25. The Balaban J connectivity index is 2.08. The fourth-order valence-electron chi connectivity index (χ4n) is 2.54. The van der Waals surface area contributed by atoms with Crippen molar-refractivity contribution in [2.24, 2.45) is 11.8 Å². The molecule has 1 aliphatic rings. The van der Waals surface area contributed by atoms with Gasteiger partial charge < -0.3 is 5.32 Å². The van der Waals surface area contributed by atoms with Crippen LogP contribution in [0.4, 0.5) is 5.69 Å². The fourth-order valence-corrected chi connectivity index (χ4v) is 3.36. The van der Waals surface area contributed by atoms with Crippen LogP contribution in [0.5, 0.6) is 0 Å². The molecular formula is C14H18BrCl2N. The van der Waals surface area contributed by atoms with Crippen LogP contribution < -0.4 is 5.32 Å². The van der Waals surface area contributed by atoms with E-state index in [-0.39, 0.29) is 0 Å². The molecule has 1 nitrogen and oxygen atoms in total. The molecule has 3 unspecified atom stereocenters. The fraction of sp³-hybridized carbons (Fsp3) is 0.571. The monoisotopic (exact) mass is 349 g/mol. The van der Waals surface area contributed by atoms with E-state index in [0.717, 1.165) is 22.0 Å². The van der Waals surface area contributed by atoms with Gasteiger partial charge in [-0.05, 0) is 59.2 Å². The van der Waals surface area contributed by atoms with Gasteiger partial charge >= 0.3 is 0 Å². The van der Waals surface area contributed by atoms with Crippen LogP contribution in [0.1, 0.15) is 33.1 Å². The molecule has 0 radical (unpaired) electrons. The van der Waals surface area contributed by atoms with E-state index in [4.69, 9.17) is 23.2 Å². The number of nitrogens with one attached hydrogen (secondary N) is 1. The van der Waals surface area contributed by atoms with Crippen LogP contribution in [-0.2, 0) is 0 Å². The Hall–Kier alpha value is 0.0800. The summed E-state index contributed by atoms with van der Waals surface area (Å²) in [6, 6.07) is 4.43. The van der Waals surface area contributed by atoms with Gasteiger partial charge in [-0.25, -0.2) is 0 Å². The van der Waals surface area contributed by atoms with Crippen molar-refractivity contribution in [1.29, 1.82) is 0 Å². The molecule has 0 aliphatic heterocycles. The molecule has 1 aromatic carbocycles. The Bertz CT molecular complexity index is 436. The van der Waals surface area contributed by atoms with Crippen molar-refractivity contribution in [2.75, 3.05) is 5.32 Å². The number of rotatable bonds is 2. The SMILES string of the molecule is CC1CCC(Nc2ccc(Br)c(Cl)c2Cl)CC1C. The molecular weight excluding hydrogens is 333 g/mol. The van der Waals surface area contributed by atoms with E-state index in [2.05, 4.69) is 35.1 Å². The minimum atomic E-state index is 0.506. The topological polar surface area (TPSA) is 12.0 Å². The second-order valence-electron chi connectivity index (χ2n) is 5.33. The van der Waals surface area contributed by atoms with Crippen molar-refractivity contribution in [3.63, 3.8) is 0 Å². The van der Waals surface area contributed by atoms with Gasteiger partial charge in [0.2, 0.25) is 0 Å². The van der Waals surface area contributed by atoms with Crippen molar-refractivity contribution >= 4 is 44.8 Å². The summed E-state index contributed by atoms with van der Waals surface area (Å²) in [5.74, 6) is 1.59. The predicted octanol–water partition coefficient (Wildman–Crippen LogP) is 5.99. The molecule has 1 saturated carbocycles. The summed E-state index contributed by atoms with van der Waals surface area (Å²) >= 11 is 15.8. The predicted molar refractivity (Wildman–Crippen MR) is 83.8 cm³/mol. The molecule has 0 saturated heterocycles. The quantitative estimate of drug-likeness (QED) is 0.645. The normalized spacial score (nSPS) is 28.2. The first-order valence-corrected chi connectivity index (χ1v) is 7.94. The summed E-state index contributed by atoms with van der Waals surface area (Å²) in [6.45, 7) is 4.67. The number of hydrogen-bond acceptors (Lipinski definition) is 1. The number of halogens is 3. The van der Waals surface area contributed by atoms with Crippen LogP contribution in [0.25, 0.3) is 0 Å². The zero-order chi connectivity index (χ0) is 13.3. The van der Waals surface area contributed by atoms with Crippen LogP contribution in [0.3, 0.4) is 0 Å². The number of hydrogen-bond donors (Lipinski definition) is 1. The van der Waals surface area contributed by atoms with E-state index in [1.54, 1.807) is 0 Å². The molecule has 0 bridgehead atoms. The molecule has 2 rings (SSSR count). The van der Waals surface area contributed by atoms with E-state index in [1.807, 2.05) is 12.1 Å². The molecule has 1 N–H and O–H groups in total. The van der Waals surface area contributed by atoms with Crippen LogP contribution in [0.15, 0.2) is 16.6 Å². The first-order valence-electron chi connectivity index (χ1n) is 6.39. The van der Waals surface area contributed by atoms with Gasteiger partial charge in [-0.3, -0.25) is 0 Å². The average Bonchev–Trinajstić information content (AvgIpc) is 2.34. The maximum atomic E-state index is 6.26. The Labute approximate surface area is 127 Å². The highest BCUT2D eigenvalue weighted by atomic mass is 79.9. The second-order valence-corrected chi connectivity index (χ2v) is 6.94. The third-order valence-electron chi connectivity index (χ3n) is 3.99. The third-order valence-corrected chi connectivity index (χ3v) is 5.76. The highest BCUT2D eigenvalue weighted by Crippen LogP contribution is 2.38. The lowest BCUT2D eigenvalue weighted by molar-refractivity contribution is 0.261. The molecule has 0 spiro atoms. The minimum absolute atomic E-state index is 0.506. The maximum absolute atomic E-state index is 6.26. The van der Waals surface area contributed by atoms with Gasteiger partial charge in [-0.15, -0.1) is 0 Å². The average molecular weight is 351 g/mol. The first kappa shape index (κ1) is 14.5. The Kier molecular flexibility index (Phi) is 4.85. The van der Waals surface area contributed by atoms with Crippen LogP contribution in [-0.4, -0.2) is 6.04 Å². The highest BCUT2D eigenvalue weighted by molar-refractivity contribution is 9.10. The molecule has 0 heterocycles. The van der Waals surface area contributed by atoms with E-state index < -0.39 is 0 Å². The van der Waals surface area contributed by atoms with Crippen molar-refractivity contribution < 1.29 is 0 Å². The standard InChI is InChI=1S/C14H18BrCl2N/c1-8-3-4-10(7-9(8)2)18-12-6-5-11(15)13(16)14(12)17/h5-6,8-10,18H,3-4,7H2,1-2H3. The van der Waals surface area contributed by atoms with Gasteiger partial charge in [-0.2, -0.15) is 0 Å². The van der Waals surface area contributed by atoms with Crippen molar-refractivity contribution in [3.8, 4) is 0 Å². The first-order chi connectivity index (χ1) is 8.49. The lowest BCUT2D eigenvalue weighted by Crippen LogP contribution is -2.30. The third kappa shape index (κ3) is 3.15. The number of anilines is 1. The van der Waals surface area contributed by atoms with E-state index in [9.17, 15) is 0 Å². The van der Waals surface area contributed by atoms with Gasteiger partial charge in [-0.1, -0.05) is 37.0 Å². The van der Waals surface area contributed by atoms with E-state index in [1.165, 1.54) is 19.3 Å². The van der Waals surface area contributed by atoms with Crippen molar-refractivity contribution in [3.05, 3.63) is 26.7 Å². The second kappa shape index (κ2) is 6.02. The smallest absolute Gasteiger partial charge is 0.0835 e. The zero-order valence-electron chi connectivity index (χ0n) is 10.6. The molecule has 1 aromatic rings. The van der Waals surface area contributed by atoms with Gasteiger partial charge in [0.25, 0.3) is 0 Å². The summed E-state index contributed by atoms with van der Waals surface area (Å²) < 4.78 is 0.838. The van der Waals surface area contributed by atoms with E-state index >= 15 is 0 Å². The summed E-state index contributed by atoms with van der Waals surface area (Å²) in [5.41, 5.74) is 0.941. The van der Waals surface area contributed by atoms with Crippen LogP contribution >= 0.6 is 39.1 Å². The lowest BCUT2D eigenvalue weighted by atomic mass is 9.79. The van der Waals surface area contributed by atoms with Crippen molar-refractivity contribution in [1.82, 2.24) is 0 Å². The minimum Gasteiger partial charge on any atom is -0.381 e. The number of benzene rings is 1. The molecule has 100 valence electrons. The largest absolute Gasteiger partial charge is 0.381 e. The van der Waals surface area contributed by atoms with Crippen molar-refractivity contribution in [2.45, 2.75) is 39.2 Å². The summed E-state index contributed by atoms with van der Waals surface area (Å²) in [7, 11) is 0. The Morgan fingerprint density at radius 1 is 1.11 bits per heavy atom. The van der Waals surface area contributed by atoms with Gasteiger partial charge in [0.15, 0.2) is 0 Å². The zero-order valence-corrected chi connectivity index (χ0v) is 13.7. The van der Waals surface area contributed by atoms with Gasteiger partial charge in [0.1, 0.15) is 0 Å². The molecule has 0 aromatic heterocycles. The molecule has 1 aliphatic carbocycles. The summed E-state index contributed by atoms with van der Waals surface area (Å²) in [4.78, 5) is 0. The summed E-state index contributed by atoms with van der Waals surface area (Å²) in [5, 5.41) is 4.72. The molecule has 3 atom stereocenters. The van der Waals surface area contributed by atoms with Crippen LogP contribution in [0, 0.1) is 11.8 Å². The molecule has 4 heteroatoms. The van der Waals surface area contributed by atoms with E-state index in [0.29, 0.717) is 16.1 Å². The molecule has 1 fully saturated rings. The Morgan fingerprint density at radius 2 is 1.83 bits per heavy atom. The Morgan fingerprint density at radius 3 is 2.50 bits per heavy atom. The summed E-state index contributed by atoms with van der Waals surface area (Å²) in [6.07, 6.45) is 3.68. The molecule has 0 amide bonds. The maximum Gasteiger partial charge on any atom is 0.0835 e. The van der Waals surface area contributed by atoms with Gasteiger partial charge in [0, 0.05) is 10.5 Å².